The lowest BCUT2D eigenvalue weighted by molar-refractivity contribution is 0.0549. The molecule has 0 spiro atoms. The van der Waals surface area contributed by atoms with Gasteiger partial charge in [0.15, 0.2) is 0 Å². The summed E-state index contributed by atoms with van der Waals surface area (Å²) in [5, 5.41) is 16.4. The molecule has 4 rings (SSSR count). The molecule has 1 aliphatic heterocycles. The Labute approximate surface area is 216 Å². The number of allylic oxidation sites excluding steroid dienone is 3. The van der Waals surface area contributed by atoms with E-state index >= 15 is 0 Å². The molecule has 0 aromatic carbocycles. The molecule has 1 atom stereocenters. The number of nitrogens with zero attached hydrogens (tertiary/aromatic N) is 6. The van der Waals surface area contributed by atoms with Crippen molar-refractivity contribution in [1.29, 1.82) is 0 Å². The summed E-state index contributed by atoms with van der Waals surface area (Å²) in [6, 6.07) is 1.78. The van der Waals surface area contributed by atoms with Crippen LogP contribution >= 0.6 is 0 Å². The van der Waals surface area contributed by atoms with Crippen LogP contribution in [0.5, 0.6) is 0 Å². The van der Waals surface area contributed by atoms with E-state index in [0.29, 0.717) is 30.6 Å². The Morgan fingerprint density at radius 2 is 2.14 bits per heavy atom. The van der Waals surface area contributed by atoms with Gasteiger partial charge in [0.1, 0.15) is 23.7 Å². The van der Waals surface area contributed by atoms with Gasteiger partial charge in [-0.25, -0.2) is 4.68 Å². The van der Waals surface area contributed by atoms with Crippen molar-refractivity contribution in [3.63, 3.8) is 0 Å². The molecule has 196 valence electrons. The molecule has 37 heavy (non-hydrogen) atoms. The maximum Gasteiger partial charge on any atom is 0.206 e. The van der Waals surface area contributed by atoms with Crippen LogP contribution in [-0.2, 0) is 23.1 Å². The van der Waals surface area contributed by atoms with Crippen molar-refractivity contribution in [1.82, 2.24) is 34.7 Å². The minimum atomic E-state index is -0.175. The molecule has 0 amide bonds. The van der Waals surface area contributed by atoms with E-state index in [0.717, 1.165) is 41.8 Å². The van der Waals surface area contributed by atoms with E-state index in [4.69, 9.17) is 9.47 Å². The van der Waals surface area contributed by atoms with Gasteiger partial charge in [-0.2, -0.15) is 15.3 Å². The maximum absolute atomic E-state index is 12.4. The number of nitrogens with one attached hydrogen (secondary N) is 1. The fraction of sp³-hybridized carbons (Fsp3) is 0.407. The molecule has 0 radical (unpaired) electrons. The van der Waals surface area contributed by atoms with E-state index in [-0.39, 0.29) is 12.0 Å². The van der Waals surface area contributed by atoms with E-state index in [1.54, 1.807) is 21.8 Å². The Kier molecular flexibility index (Phi) is 8.86. The highest BCUT2D eigenvalue weighted by Crippen LogP contribution is 2.22. The molecule has 3 aromatic rings. The Morgan fingerprint density at radius 3 is 2.84 bits per heavy atom. The van der Waals surface area contributed by atoms with Crippen molar-refractivity contribution >= 4 is 5.57 Å². The summed E-state index contributed by atoms with van der Waals surface area (Å²) < 4.78 is 16.9. The lowest BCUT2D eigenvalue weighted by Gasteiger charge is -2.22. The number of rotatable bonds is 10. The monoisotopic (exact) mass is 505 g/mol. The van der Waals surface area contributed by atoms with Crippen LogP contribution < -0.4 is 10.7 Å². The van der Waals surface area contributed by atoms with Crippen molar-refractivity contribution in [3.05, 3.63) is 88.1 Å². The summed E-state index contributed by atoms with van der Waals surface area (Å²) in [4.78, 5) is 12.4. The zero-order valence-corrected chi connectivity index (χ0v) is 21.9. The first kappa shape index (κ1) is 26.3. The Hall–Kier alpha value is -3.76. The predicted octanol–water partition coefficient (Wildman–Crippen LogP) is 3.18. The molecule has 1 unspecified atom stereocenters. The molecule has 10 nitrogen and oxygen atoms in total. The summed E-state index contributed by atoms with van der Waals surface area (Å²) >= 11 is 0. The molecule has 0 bridgehead atoms. The van der Waals surface area contributed by atoms with Gasteiger partial charge >= 0.3 is 0 Å². The van der Waals surface area contributed by atoms with Crippen molar-refractivity contribution in [2.24, 2.45) is 7.05 Å². The number of hydrogen-bond donors (Lipinski definition) is 1. The lowest BCUT2D eigenvalue weighted by atomic mass is 10.1. The normalized spacial score (nSPS) is 17.3. The number of hydrogen-bond acceptors (Lipinski definition) is 7. The quantitative estimate of drug-likeness (QED) is 0.334. The largest absolute Gasteiger partial charge is 0.487 e. The topological polar surface area (TPSA) is 101 Å². The van der Waals surface area contributed by atoms with Gasteiger partial charge in [0, 0.05) is 44.2 Å². The summed E-state index contributed by atoms with van der Waals surface area (Å²) in [7, 11) is 3.74. The van der Waals surface area contributed by atoms with E-state index < -0.39 is 0 Å². The highest BCUT2D eigenvalue weighted by molar-refractivity contribution is 5.65. The summed E-state index contributed by atoms with van der Waals surface area (Å²) in [5.74, 6) is 0.655. The smallest absolute Gasteiger partial charge is 0.206 e. The van der Waals surface area contributed by atoms with Gasteiger partial charge in [0.25, 0.3) is 0 Å². The molecule has 0 saturated carbocycles. The molecule has 1 fully saturated rings. The average Bonchev–Trinajstić information content (AvgIpc) is 3.58. The van der Waals surface area contributed by atoms with Gasteiger partial charge in [-0.05, 0) is 57.0 Å². The third-order valence-electron chi connectivity index (χ3n) is 6.17. The second kappa shape index (κ2) is 12.5. The van der Waals surface area contributed by atoms with E-state index in [1.165, 1.54) is 6.07 Å². The zero-order chi connectivity index (χ0) is 26.2. The Balaban J connectivity index is 1.47. The maximum atomic E-state index is 12.4. The predicted molar refractivity (Wildman–Crippen MR) is 142 cm³/mol. The second-order valence-electron chi connectivity index (χ2n) is 9.08. The molecule has 1 saturated heterocycles. The summed E-state index contributed by atoms with van der Waals surface area (Å²) in [6.45, 7) is 6.23. The first-order valence-electron chi connectivity index (χ1n) is 12.5. The van der Waals surface area contributed by atoms with Gasteiger partial charge in [-0.3, -0.25) is 14.2 Å². The number of aromatic nitrogens is 6. The number of ether oxygens (including phenoxy) is 2. The molecular weight excluding hydrogens is 470 g/mol. The third-order valence-corrected chi connectivity index (χ3v) is 6.17. The first-order valence-corrected chi connectivity index (χ1v) is 12.5. The van der Waals surface area contributed by atoms with Gasteiger partial charge in [-0.15, -0.1) is 0 Å². The fourth-order valence-corrected chi connectivity index (χ4v) is 4.14. The minimum Gasteiger partial charge on any atom is -0.487 e. The summed E-state index contributed by atoms with van der Waals surface area (Å²) in [5.41, 5.74) is 4.12. The minimum absolute atomic E-state index is 0.0574. The van der Waals surface area contributed by atoms with Crippen LogP contribution in [0.4, 0.5) is 0 Å². The lowest BCUT2D eigenvalue weighted by Crippen LogP contribution is -2.21. The zero-order valence-electron chi connectivity index (χ0n) is 21.9. The van der Waals surface area contributed by atoms with Crippen molar-refractivity contribution in [2.45, 2.75) is 39.3 Å². The van der Waals surface area contributed by atoms with Gasteiger partial charge in [0.05, 0.1) is 31.2 Å². The Morgan fingerprint density at radius 1 is 1.27 bits per heavy atom. The highest BCUT2D eigenvalue weighted by atomic mass is 16.5. The van der Waals surface area contributed by atoms with Crippen LogP contribution in [0.2, 0.25) is 0 Å². The van der Waals surface area contributed by atoms with Crippen molar-refractivity contribution in [3.8, 4) is 5.69 Å². The third kappa shape index (κ3) is 6.93. The van der Waals surface area contributed by atoms with Crippen LogP contribution in [0.3, 0.4) is 0 Å². The Bertz CT molecular complexity index is 1340. The SMILES string of the molecule is C\C=C(/C=C(/C=C(\C)c1cnn(C2CCCOC2)c1)CNC)OCc1nn(-c2cnn(C)c2)ccc1=O. The van der Waals surface area contributed by atoms with E-state index in [1.807, 2.05) is 50.2 Å². The standard InChI is InChI=1S/C27H35N7O3/c1-5-25(37-19-26-27(35)8-9-33(31-26)24-15-29-32(4)17-24)12-21(13-28-3)11-20(2)22-14-30-34(16-22)23-7-6-10-36-18-23/h5,8-9,11-12,14-17,23,28H,6-7,10,13,18-19H2,1-4H3/b20-11+,21-12-,25-5+. The van der Waals surface area contributed by atoms with Crippen LogP contribution in [0.1, 0.15) is 44.0 Å². The molecule has 1 aliphatic rings. The average molecular weight is 506 g/mol. The van der Waals surface area contributed by atoms with Crippen LogP contribution in [0, 0.1) is 0 Å². The van der Waals surface area contributed by atoms with Gasteiger partial charge in [-0.1, -0.05) is 6.08 Å². The molecule has 3 aromatic heterocycles. The summed E-state index contributed by atoms with van der Waals surface area (Å²) in [6.07, 6.45) is 17.2. The highest BCUT2D eigenvalue weighted by Gasteiger charge is 2.17. The van der Waals surface area contributed by atoms with Crippen molar-refractivity contribution < 1.29 is 9.47 Å². The molecule has 1 N–H and O–H groups in total. The van der Waals surface area contributed by atoms with Gasteiger partial charge in [0.2, 0.25) is 5.43 Å². The van der Waals surface area contributed by atoms with Crippen LogP contribution in [0.25, 0.3) is 11.3 Å². The van der Waals surface area contributed by atoms with Crippen LogP contribution in [0.15, 0.2) is 71.4 Å². The second-order valence-corrected chi connectivity index (χ2v) is 9.08. The molecule has 10 heteroatoms. The van der Waals surface area contributed by atoms with E-state index in [2.05, 4.69) is 39.8 Å². The number of likely N-dealkylation sites (N-methyl/N-ethyl adjacent to an activating group) is 1. The molecular formula is C27H35N7O3. The van der Waals surface area contributed by atoms with E-state index in [9.17, 15) is 4.79 Å². The van der Waals surface area contributed by atoms with Crippen LogP contribution in [-0.4, -0.2) is 56.1 Å². The fourth-order valence-electron chi connectivity index (χ4n) is 4.14. The number of aryl methyl sites for hydroxylation is 1. The first-order chi connectivity index (χ1) is 18.0. The molecule has 0 aliphatic carbocycles. The molecule has 4 heterocycles. The van der Waals surface area contributed by atoms with Gasteiger partial charge < -0.3 is 14.8 Å². The van der Waals surface area contributed by atoms with Crippen molar-refractivity contribution in [2.75, 3.05) is 26.8 Å².